The van der Waals surface area contributed by atoms with E-state index in [4.69, 9.17) is 0 Å². The topological polar surface area (TPSA) is 123 Å². The number of benzene rings is 1. The Labute approximate surface area is 195 Å². The number of carbonyl (C=O) groups excluding carboxylic acids is 2. The molecule has 2 amide bonds. The molecule has 33 heavy (non-hydrogen) atoms. The van der Waals surface area contributed by atoms with Crippen LogP contribution in [0.25, 0.3) is 10.9 Å². The molecule has 3 aromatic rings. The van der Waals surface area contributed by atoms with Crippen LogP contribution in [-0.2, 0) is 14.4 Å². The molecule has 0 radical (unpaired) electrons. The van der Waals surface area contributed by atoms with E-state index in [9.17, 15) is 24.3 Å². The van der Waals surface area contributed by atoms with Gasteiger partial charge in [0.1, 0.15) is 6.54 Å². The van der Waals surface area contributed by atoms with E-state index >= 15 is 0 Å². The third kappa shape index (κ3) is 2.48. The molecule has 0 unspecified atom stereocenters. The number of hydrogen-bond acceptors (Lipinski definition) is 6. The fourth-order valence-electron chi connectivity index (χ4n) is 7.07. The molecule has 2 bridgehead atoms. The highest BCUT2D eigenvalue weighted by atomic mass is 32.2. The number of nitrogens with one attached hydrogen (secondary N) is 2. The van der Waals surface area contributed by atoms with E-state index in [-0.39, 0.29) is 45.6 Å². The Morgan fingerprint density at radius 3 is 2.67 bits per heavy atom. The molecule has 2 saturated carbocycles. The first-order valence-electron chi connectivity index (χ1n) is 11.0. The normalized spacial score (nSPS) is 34.1. The molecule has 3 fully saturated rings. The highest BCUT2D eigenvalue weighted by molar-refractivity contribution is 8.00. The summed E-state index contributed by atoms with van der Waals surface area (Å²) in [6.45, 7) is -0.570. The number of amides is 2. The number of nitrogens with zero attached hydrogens (tertiary/aromatic N) is 1. The van der Waals surface area contributed by atoms with E-state index in [0.717, 1.165) is 37.7 Å². The van der Waals surface area contributed by atoms with Crippen LogP contribution < -0.4 is 4.87 Å². The third-order valence-corrected chi connectivity index (χ3v) is 10.7. The number of aromatic nitrogens is 2. The van der Waals surface area contributed by atoms with Crippen LogP contribution in [0.2, 0.25) is 0 Å². The number of carboxylic acids is 1. The lowest BCUT2D eigenvalue weighted by Gasteiger charge is -2.42. The molecule has 8 nitrogen and oxygen atoms in total. The molecule has 3 N–H and O–H groups in total. The number of carboxylic acid groups (broad SMARTS) is 1. The summed E-state index contributed by atoms with van der Waals surface area (Å²) in [6.07, 6.45) is 2.80. The maximum atomic E-state index is 13.2. The van der Waals surface area contributed by atoms with Crippen molar-refractivity contribution in [3.63, 3.8) is 0 Å². The van der Waals surface area contributed by atoms with E-state index in [1.807, 2.05) is 24.4 Å². The van der Waals surface area contributed by atoms with Gasteiger partial charge in [-0.15, -0.1) is 11.8 Å². The number of para-hydroxylation sites is 1. The predicted octanol–water partition coefficient (Wildman–Crippen LogP) is 2.48. The zero-order chi connectivity index (χ0) is 22.6. The average molecular weight is 482 g/mol. The standard InChI is InChI=1S/C23H19N3O5S2/c27-13(28)7-26-21(29)16-9-5-10(17(16)22(26)30)18-14(9)15(19-20(32-18)25-23(31)33-19)11-6-24-12-4-2-1-3-8(11)12/h1-4,6,9-10,14-18,24H,5,7H2,(H,25,31)(H,27,28)/t9-,10-,14-,15-,16+,17-,18-/m1/s1. The zero-order valence-corrected chi connectivity index (χ0v) is 18.8. The molecule has 7 rings (SSSR count). The van der Waals surface area contributed by atoms with Crippen molar-refractivity contribution in [1.82, 2.24) is 14.9 Å². The summed E-state index contributed by atoms with van der Waals surface area (Å²) in [6, 6.07) is 8.06. The number of thioether (sulfide) groups is 1. The number of aromatic amines is 2. The van der Waals surface area contributed by atoms with Crippen LogP contribution in [0, 0.1) is 29.6 Å². The number of carbonyl (C=O) groups is 3. The third-order valence-electron chi connectivity index (χ3n) is 8.06. The van der Waals surface area contributed by atoms with E-state index in [2.05, 4.69) is 16.0 Å². The number of imide groups is 1. The summed E-state index contributed by atoms with van der Waals surface area (Å²) in [5.74, 6) is -2.75. The first-order chi connectivity index (χ1) is 15.9. The van der Waals surface area contributed by atoms with E-state index in [1.54, 1.807) is 11.8 Å². The van der Waals surface area contributed by atoms with Gasteiger partial charge in [0.15, 0.2) is 0 Å². The molecule has 7 atom stereocenters. The van der Waals surface area contributed by atoms with Crippen LogP contribution in [0.4, 0.5) is 0 Å². The van der Waals surface area contributed by atoms with Gasteiger partial charge in [-0.25, -0.2) is 0 Å². The van der Waals surface area contributed by atoms with Crippen molar-refractivity contribution in [3.8, 4) is 0 Å². The Balaban J connectivity index is 1.38. The number of thiazole rings is 1. The molecule has 10 heteroatoms. The van der Waals surface area contributed by atoms with Crippen molar-refractivity contribution in [2.45, 2.75) is 22.6 Å². The van der Waals surface area contributed by atoms with Gasteiger partial charge in [0.2, 0.25) is 11.8 Å². The van der Waals surface area contributed by atoms with Crippen LogP contribution in [0.15, 0.2) is 40.3 Å². The highest BCUT2D eigenvalue weighted by Gasteiger charge is 2.69. The summed E-state index contributed by atoms with van der Waals surface area (Å²) in [7, 11) is 0. The van der Waals surface area contributed by atoms with Crippen LogP contribution in [0.5, 0.6) is 0 Å². The molecule has 1 aromatic carbocycles. The minimum absolute atomic E-state index is 0.00509. The van der Waals surface area contributed by atoms with Crippen molar-refractivity contribution in [1.29, 1.82) is 0 Å². The lowest BCUT2D eigenvalue weighted by molar-refractivity contribution is -0.149. The first kappa shape index (κ1) is 19.6. The van der Waals surface area contributed by atoms with Gasteiger partial charge in [-0.1, -0.05) is 29.5 Å². The monoisotopic (exact) mass is 481 g/mol. The van der Waals surface area contributed by atoms with Crippen molar-refractivity contribution in [2.75, 3.05) is 6.54 Å². The van der Waals surface area contributed by atoms with Crippen molar-refractivity contribution in [3.05, 3.63) is 50.6 Å². The lowest BCUT2D eigenvalue weighted by Crippen LogP contribution is -2.42. The Bertz CT molecular complexity index is 1420. The molecule has 4 aliphatic rings. The SMILES string of the molecule is O=C(O)CN1C(=O)[C@@H]2[C@H]3C[C@@H]([C@@H]2C1=O)[C@@H]1[C@@H](c2c[nH]c4ccccc24)c2sc(=O)[nH]c2S[C@H]31. The highest BCUT2D eigenvalue weighted by Crippen LogP contribution is 2.68. The van der Waals surface area contributed by atoms with E-state index in [0.29, 0.717) is 0 Å². The number of aliphatic carboxylic acids is 1. The predicted molar refractivity (Wildman–Crippen MR) is 121 cm³/mol. The number of fused-ring (bicyclic) bond motifs is 10. The minimum atomic E-state index is -1.17. The van der Waals surface area contributed by atoms with Crippen LogP contribution in [0.1, 0.15) is 22.8 Å². The number of rotatable bonds is 3. The van der Waals surface area contributed by atoms with Gasteiger partial charge < -0.3 is 15.1 Å². The maximum absolute atomic E-state index is 13.2. The quantitative estimate of drug-likeness (QED) is 0.494. The molecule has 168 valence electrons. The average Bonchev–Trinajstić information content (AvgIpc) is 3.57. The second-order valence-corrected chi connectivity index (χ2v) is 11.6. The van der Waals surface area contributed by atoms with E-state index in [1.165, 1.54) is 11.3 Å². The second kappa shape index (κ2) is 6.60. The lowest BCUT2D eigenvalue weighted by atomic mass is 9.68. The zero-order valence-electron chi connectivity index (χ0n) is 17.2. The molecule has 1 saturated heterocycles. The molecule has 2 aliphatic carbocycles. The number of H-pyrrole nitrogens is 2. The fraction of sp³-hybridized carbons (Fsp3) is 0.391. The van der Waals surface area contributed by atoms with Gasteiger partial charge in [0.05, 0.1) is 16.9 Å². The summed E-state index contributed by atoms with van der Waals surface area (Å²) in [4.78, 5) is 58.2. The Hall–Kier alpha value is -2.85. The summed E-state index contributed by atoms with van der Waals surface area (Å²) < 4.78 is 0. The number of likely N-dealkylation sites (tertiary alicyclic amines) is 1. The van der Waals surface area contributed by atoms with Crippen LogP contribution in [-0.4, -0.2) is 49.6 Å². The molecule has 2 aliphatic heterocycles. The maximum Gasteiger partial charge on any atom is 0.323 e. The van der Waals surface area contributed by atoms with Crippen molar-refractivity contribution in [2.24, 2.45) is 29.6 Å². The fourth-order valence-corrected chi connectivity index (χ4v) is 9.95. The minimum Gasteiger partial charge on any atom is -0.480 e. The Morgan fingerprint density at radius 2 is 1.88 bits per heavy atom. The molecule has 4 heterocycles. The Kier molecular flexibility index (Phi) is 3.92. The second-order valence-electron chi connectivity index (χ2n) is 9.41. The van der Waals surface area contributed by atoms with Crippen LogP contribution >= 0.6 is 23.1 Å². The molecule has 2 aromatic heterocycles. The molecular weight excluding hydrogens is 462 g/mol. The van der Waals surface area contributed by atoms with Gasteiger partial charge >= 0.3 is 10.8 Å². The van der Waals surface area contributed by atoms with Crippen LogP contribution in [0.3, 0.4) is 0 Å². The van der Waals surface area contributed by atoms with Gasteiger partial charge in [-0.3, -0.25) is 24.1 Å². The first-order valence-corrected chi connectivity index (χ1v) is 12.7. The van der Waals surface area contributed by atoms with Gasteiger partial charge in [0.25, 0.3) is 0 Å². The Morgan fingerprint density at radius 1 is 1.12 bits per heavy atom. The van der Waals surface area contributed by atoms with Crippen molar-refractivity contribution < 1.29 is 19.5 Å². The molecule has 0 spiro atoms. The largest absolute Gasteiger partial charge is 0.480 e. The van der Waals surface area contributed by atoms with E-state index < -0.39 is 24.3 Å². The summed E-state index contributed by atoms with van der Waals surface area (Å²) in [5.41, 5.74) is 2.13. The smallest absolute Gasteiger partial charge is 0.323 e. The van der Waals surface area contributed by atoms with Crippen molar-refractivity contribution >= 4 is 51.8 Å². The summed E-state index contributed by atoms with van der Waals surface area (Å²) in [5, 5.41) is 11.3. The van der Waals surface area contributed by atoms with Gasteiger partial charge in [-0.05, 0) is 35.8 Å². The number of hydrogen-bond donors (Lipinski definition) is 3. The summed E-state index contributed by atoms with van der Waals surface area (Å²) >= 11 is 2.86. The molecular formula is C23H19N3O5S2. The van der Waals surface area contributed by atoms with Gasteiger partial charge in [-0.2, -0.15) is 0 Å². The van der Waals surface area contributed by atoms with Gasteiger partial charge in [0, 0.05) is 33.1 Å².